The molecule has 2 aromatic carbocycles. The van der Waals surface area contributed by atoms with E-state index in [-0.39, 0.29) is 11.7 Å². The van der Waals surface area contributed by atoms with E-state index in [0.717, 1.165) is 39.4 Å². The van der Waals surface area contributed by atoms with E-state index in [2.05, 4.69) is 4.98 Å². The lowest BCUT2D eigenvalue weighted by Gasteiger charge is -2.32. The largest absolute Gasteiger partial charge is 0.508 e. The van der Waals surface area contributed by atoms with Gasteiger partial charge < -0.3 is 14.4 Å². The van der Waals surface area contributed by atoms with Gasteiger partial charge in [0.05, 0.1) is 0 Å². The van der Waals surface area contributed by atoms with Gasteiger partial charge >= 0.3 is 0 Å². The number of fused-ring (bicyclic) bond motifs is 1. The Morgan fingerprint density at radius 1 is 1.19 bits per heavy atom. The van der Waals surface area contributed by atoms with Crippen molar-refractivity contribution in [3.05, 3.63) is 76.5 Å². The molecule has 5 rings (SSSR count). The first kappa shape index (κ1) is 21.1. The van der Waals surface area contributed by atoms with Crippen LogP contribution in [0.15, 0.2) is 62.7 Å². The van der Waals surface area contributed by atoms with Crippen molar-refractivity contribution in [1.29, 1.82) is 0 Å². The third-order valence-corrected chi connectivity index (χ3v) is 8.14. The van der Waals surface area contributed by atoms with E-state index >= 15 is 0 Å². The summed E-state index contributed by atoms with van der Waals surface area (Å²) in [4.78, 5) is 19.9. The van der Waals surface area contributed by atoms with Crippen molar-refractivity contribution in [2.45, 2.75) is 35.8 Å². The summed E-state index contributed by atoms with van der Waals surface area (Å²) >= 11 is 3.28. The summed E-state index contributed by atoms with van der Waals surface area (Å²) < 4.78 is 7.08. The van der Waals surface area contributed by atoms with E-state index in [1.54, 1.807) is 35.2 Å². The van der Waals surface area contributed by atoms with Gasteiger partial charge in [0.2, 0.25) is 0 Å². The summed E-state index contributed by atoms with van der Waals surface area (Å²) in [6.45, 7) is 3.38. The second-order valence-corrected chi connectivity index (χ2v) is 10.2. The Balaban J connectivity index is 1.34. The van der Waals surface area contributed by atoms with Gasteiger partial charge in [0.15, 0.2) is 5.76 Å². The molecular formula is C25H24N2O3S2. The molecule has 0 spiro atoms. The number of carbonyl (C=O) groups is 1. The zero-order valence-corrected chi connectivity index (χ0v) is 19.4. The maximum Gasteiger partial charge on any atom is 0.289 e. The van der Waals surface area contributed by atoms with E-state index in [0.29, 0.717) is 30.5 Å². The number of phenolic OH excluding ortho intramolecular Hbond substituents is 1. The van der Waals surface area contributed by atoms with E-state index in [4.69, 9.17) is 4.42 Å². The molecule has 164 valence electrons. The van der Waals surface area contributed by atoms with Crippen LogP contribution in [0.3, 0.4) is 0 Å². The molecule has 32 heavy (non-hydrogen) atoms. The lowest BCUT2D eigenvalue weighted by molar-refractivity contribution is 0.0682. The molecule has 0 atom stereocenters. The molecule has 3 heterocycles. The minimum Gasteiger partial charge on any atom is -0.508 e. The number of furan rings is 1. The number of piperidine rings is 1. The number of hydrogen-bond acceptors (Lipinski definition) is 6. The van der Waals surface area contributed by atoms with Crippen molar-refractivity contribution < 1.29 is 14.3 Å². The number of hydrogen-bond donors (Lipinski definition) is 1. The Kier molecular flexibility index (Phi) is 5.93. The minimum absolute atomic E-state index is 0.0312. The van der Waals surface area contributed by atoms with E-state index in [9.17, 15) is 9.90 Å². The van der Waals surface area contributed by atoms with Crippen molar-refractivity contribution in [1.82, 2.24) is 9.88 Å². The monoisotopic (exact) mass is 464 g/mol. The second-order valence-electron chi connectivity index (χ2n) is 8.11. The van der Waals surface area contributed by atoms with Gasteiger partial charge in [-0.1, -0.05) is 42.1 Å². The number of aromatic nitrogens is 1. The van der Waals surface area contributed by atoms with Crippen molar-refractivity contribution >= 4 is 40.0 Å². The molecule has 1 aliphatic heterocycles. The van der Waals surface area contributed by atoms with Crippen molar-refractivity contribution in [2.75, 3.05) is 13.1 Å². The smallest absolute Gasteiger partial charge is 0.289 e. The lowest BCUT2D eigenvalue weighted by Crippen LogP contribution is -2.38. The molecule has 1 saturated heterocycles. The number of likely N-dealkylation sites (tertiary alicyclic amines) is 1. The zero-order valence-electron chi connectivity index (χ0n) is 17.8. The fraction of sp³-hybridized carbons (Fsp3) is 0.280. The number of carbonyl (C=O) groups excluding carboxylic acids is 1. The molecule has 5 nitrogen and oxygen atoms in total. The molecule has 1 aliphatic rings. The molecule has 0 unspecified atom stereocenters. The number of aryl methyl sites for hydroxylation is 1. The van der Waals surface area contributed by atoms with Crippen LogP contribution >= 0.6 is 23.1 Å². The maximum atomic E-state index is 13.5. The van der Waals surface area contributed by atoms with Gasteiger partial charge in [-0.05, 0) is 49.4 Å². The van der Waals surface area contributed by atoms with Crippen LogP contribution in [0.5, 0.6) is 5.75 Å². The fourth-order valence-electron chi connectivity index (χ4n) is 4.25. The molecule has 2 aromatic heterocycles. The van der Waals surface area contributed by atoms with Gasteiger partial charge in [0.1, 0.15) is 15.7 Å². The van der Waals surface area contributed by atoms with Crippen LogP contribution in [0.25, 0.3) is 11.0 Å². The number of nitrogens with zero attached hydrogens (tertiary/aromatic N) is 2. The molecular weight excluding hydrogens is 440 g/mol. The average molecular weight is 465 g/mol. The molecule has 1 amide bonds. The highest BCUT2D eigenvalue weighted by molar-refractivity contribution is 8.00. The Bertz CT molecular complexity index is 1240. The van der Waals surface area contributed by atoms with E-state index in [1.807, 2.05) is 53.6 Å². The molecule has 1 N–H and O–H groups in total. The van der Waals surface area contributed by atoms with Crippen LogP contribution in [0, 0.1) is 6.92 Å². The summed E-state index contributed by atoms with van der Waals surface area (Å²) in [5.74, 6) is 1.75. The van der Waals surface area contributed by atoms with Crippen molar-refractivity contribution in [2.24, 2.45) is 0 Å². The molecule has 1 fully saturated rings. The summed E-state index contributed by atoms with van der Waals surface area (Å²) in [5.41, 5.74) is 3.93. The van der Waals surface area contributed by atoms with Crippen LogP contribution in [-0.4, -0.2) is 34.0 Å². The van der Waals surface area contributed by atoms with Gasteiger partial charge in [-0.3, -0.25) is 4.79 Å². The number of aromatic hydroxyl groups is 1. The summed E-state index contributed by atoms with van der Waals surface area (Å²) in [6.07, 6.45) is 1.80. The van der Waals surface area contributed by atoms with Gasteiger partial charge in [0.25, 0.3) is 5.91 Å². The number of benzene rings is 2. The summed E-state index contributed by atoms with van der Waals surface area (Å²) in [5, 5.41) is 12.6. The van der Waals surface area contributed by atoms with Crippen LogP contribution in [-0.2, 0) is 5.75 Å². The zero-order chi connectivity index (χ0) is 22.1. The van der Waals surface area contributed by atoms with Crippen LogP contribution in [0.1, 0.15) is 46.1 Å². The number of rotatable bonds is 5. The Labute approximate surface area is 195 Å². The summed E-state index contributed by atoms with van der Waals surface area (Å²) in [7, 11) is 0. The highest BCUT2D eigenvalue weighted by Gasteiger charge is 2.29. The topological polar surface area (TPSA) is 66.6 Å². The normalized spacial score (nSPS) is 14.8. The Morgan fingerprint density at radius 3 is 2.66 bits per heavy atom. The third kappa shape index (κ3) is 4.27. The standard InChI is InChI=1S/C25H24N2O3S2/c1-16-14-31-25(26-16)32-15-21-20-4-2-3-5-22(20)30-23(21)24(29)27-12-10-18(11-13-27)17-6-8-19(28)9-7-17/h2-9,14,18,28H,10-13,15H2,1H3. The van der Waals surface area contributed by atoms with E-state index in [1.165, 1.54) is 5.56 Å². The van der Waals surface area contributed by atoms with Gasteiger partial charge in [-0.2, -0.15) is 0 Å². The first-order chi connectivity index (χ1) is 15.6. The average Bonchev–Trinajstić information content (AvgIpc) is 3.41. The van der Waals surface area contributed by atoms with Crippen molar-refractivity contribution in [3.8, 4) is 5.75 Å². The number of thiazole rings is 1. The number of para-hydroxylation sites is 1. The number of amides is 1. The summed E-state index contributed by atoms with van der Waals surface area (Å²) in [6, 6.07) is 15.3. The van der Waals surface area contributed by atoms with Gasteiger partial charge in [-0.15, -0.1) is 11.3 Å². The molecule has 7 heteroatoms. The van der Waals surface area contributed by atoms with Crippen LogP contribution < -0.4 is 0 Å². The first-order valence-electron chi connectivity index (χ1n) is 10.7. The highest BCUT2D eigenvalue weighted by atomic mass is 32.2. The molecule has 4 aromatic rings. The molecule has 0 bridgehead atoms. The SMILES string of the molecule is Cc1csc(SCc2c(C(=O)N3CCC(c4ccc(O)cc4)CC3)oc3ccccc23)n1. The predicted molar refractivity (Wildman–Crippen MR) is 129 cm³/mol. The van der Waals surface area contributed by atoms with Crippen molar-refractivity contribution in [3.63, 3.8) is 0 Å². The Hall–Kier alpha value is -2.77. The van der Waals surface area contributed by atoms with E-state index < -0.39 is 0 Å². The number of phenols is 1. The first-order valence-corrected chi connectivity index (χ1v) is 12.6. The van der Waals surface area contributed by atoms with Gasteiger partial charge in [-0.25, -0.2) is 4.98 Å². The molecule has 0 radical (unpaired) electrons. The predicted octanol–water partition coefficient (Wildman–Crippen LogP) is 6.22. The van der Waals surface area contributed by atoms with Crippen LogP contribution in [0.2, 0.25) is 0 Å². The highest BCUT2D eigenvalue weighted by Crippen LogP contribution is 2.35. The fourth-order valence-corrected chi connectivity index (χ4v) is 6.13. The quantitative estimate of drug-likeness (QED) is 0.355. The Morgan fingerprint density at radius 2 is 1.94 bits per heavy atom. The third-order valence-electron chi connectivity index (χ3n) is 5.98. The number of thioether (sulfide) groups is 1. The molecule has 0 saturated carbocycles. The maximum absolute atomic E-state index is 13.5. The van der Waals surface area contributed by atoms with Gasteiger partial charge in [0, 0.05) is 40.9 Å². The second kappa shape index (κ2) is 9.00. The lowest BCUT2D eigenvalue weighted by atomic mass is 9.89. The minimum atomic E-state index is -0.0312. The van der Waals surface area contributed by atoms with Crippen LogP contribution in [0.4, 0.5) is 0 Å². The molecule has 0 aliphatic carbocycles.